The van der Waals surface area contributed by atoms with Crippen LogP contribution in [-0.2, 0) is 14.3 Å². The Morgan fingerprint density at radius 2 is 2.00 bits per heavy atom. The van der Waals surface area contributed by atoms with E-state index in [1.54, 1.807) is 0 Å². The molecule has 2 atom stereocenters. The van der Waals surface area contributed by atoms with Gasteiger partial charge in [0.05, 0.1) is 5.41 Å². The molecular formula is C13H22N2O3. The summed E-state index contributed by atoms with van der Waals surface area (Å²) in [7, 11) is 0. The Morgan fingerprint density at radius 1 is 1.33 bits per heavy atom. The maximum Gasteiger partial charge on any atom is 0.323 e. The summed E-state index contributed by atoms with van der Waals surface area (Å²) in [6.07, 6.45) is 2.18. The molecule has 0 saturated carbocycles. The summed E-state index contributed by atoms with van der Waals surface area (Å²) in [6, 6.07) is -0.359. The van der Waals surface area contributed by atoms with Gasteiger partial charge in [-0.1, -0.05) is 0 Å². The maximum atomic E-state index is 12.0. The molecule has 0 aromatic rings. The Kier molecular flexibility index (Phi) is 3.36. The number of carbonyl (C=O) groups excluding carboxylic acids is 2. The summed E-state index contributed by atoms with van der Waals surface area (Å²) < 4.78 is 5.38. The summed E-state index contributed by atoms with van der Waals surface area (Å²) in [5, 5.41) is 6.03. The van der Waals surface area contributed by atoms with E-state index in [9.17, 15) is 9.59 Å². The van der Waals surface area contributed by atoms with Crippen molar-refractivity contribution in [2.75, 3.05) is 13.1 Å². The Hall–Kier alpha value is -1.10. The van der Waals surface area contributed by atoms with Crippen molar-refractivity contribution in [3.8, 4) is 0 Å². The van der Waals surface area contributed by atoms with Crippen molar-refractivity contribution in [1.29, 1.82) is 0 Å². The van der Waals surface area contributed by atoms with E-state index in [0.29, 0.717) is 13.0 Å². The van der Waals surface area contributed by atoms with Crippen molar-refractivity contribution < 1.29 is 14.3 Å². The maximum absolute atomic E-state index is 12.0. The number of hydrogen-bond donors (Lipinski definition) is 2. The lowest BCUT2D eigenvalue weighted by Gasteiger charge is -2.36. The number of esters is 1. The predicted octanol–water partition coefficient (Wildman–Crippen LogP) is 0.586. The third-order valence-corrected chi connectivity index (χ3v) is 3.65. The SMILES string of the molecule is CC(C)(C)OC(=O)C1CC2(CCNC2=O)CCN1. The number of piperidine rings is 1. The smallest absolute Gasteiger partial charge is 0.323 e. The highest BCUT2D eigenvalue weighted by Crippen LogP contribution is 2.38. The number of amides is 1. The van der Waals surface area contributed by atoms with E-state index in [1.165, 1.54) is 0 Å². The molecule has 2 fully saturated rings. The average Bonchev–Trinajstić information content (AvgIpc) is 2.58. The van der Waals surface area contributed by atoms with Crippen LogP contribution in [0.3, 0.4) is 0 Å². The monoisotopic (exact) mass is 254 g/mol. The van der Waals surface area contributed by atoms with Crippen LogP contribution in [0, 0.1) is 5.41 Å². The minimum atomic E-state index is -0.485. The molecule has 0 aliphatic carbocycles. The highest BCUT2D eigenvalue weighted by atomic mass is 16.6. The number of carbonyl (C=O) groups is 2. The molecule has 2 aliphatic heterocycles. The van der Waals surface area contributed by atoms with Crippen molar-refractivity contribution in [3.63, 3.8) is 0 Å². The van der Waals surface area contributed by atoms with Gasteiger partial charge in [-0.05, 0) is 46.6 Å². The minimum Gasteiger partial charge on any atom is -0.459 e. The number of hydrogen-bond acceptors (Lipinski definition) is 4. The van der Waals surface area contributed by atoms with Crippen LogP contribution >= 0.6 is 0 Å². The molecule has 0 bridgehead atoms. The molecule has 2 unspecified atom stereocenters. The Bertz CT molecular complexity index is 362. The van der Waals surface area contributed by atoms with Crippen molar-refractivity contribution in [2.45, 2.75) is 51.7 Å². The topological polar surface area (TPSA) is 67.4 Å². The van der Waals surface area contributed by atoms with Gasteiger partial charge < -0.3 is 15.4 Å². The van der Waals surface area contributed by atoms with E-state index in [4.69, 9.17) is 4.74 Å². The second-order valence-corrected chi connectivity index (χ2v) is 6.28. The van der Waals surface area contributed by atoms with Crippen LogP contribution in [0.25, 0.3) is 0 Å². The first kappa shape index (κ1) is 13.3. The molecule has 5 heteroatoms. The molecule has 2 rings (SSSR count). The van der Waals surface area contributed by atoms with E-state index < -0.39 is 5.60 Å². The molecule has 2 N–H and O–H groups in total. The van der Waals surface area contributed by atoms with Crippen LogP contribution in [-0.4, -0.2) is 36.6 Å². The van der Waals surface area contributed by atoms with Crippen LogP contribution in [0.5, 0.6) is 0 Å². The Balaban J connectivity index is 2.03. The van der Waals surface area contributed by atoms with Crippen LogP contribution < -0.4 is 10.6 Å². The average molecular weight is 254 g/mol. The van der Waals surface area contributed by atoms with Crippen molar-refractivity contribution >= 4 is 11.9 Å². The molecule has 0 radical (unpaired) electrons. The van der Waals surface area contributed by atoms with Gasteiger partial charge in [0.2, 0.25) is 5.91 Å². The number of nitrogens with one attached hydrogen (secondary N) is 2. The van der Waals surface area contributed by atoms with Crippen LogP contribution in [0.4, 0.5) is 0 Å². The fourth-order valence-corrected chi connectivity index (χ4v) is 2.74. The third kappa shape index (κ3) is 2.66. The zero-order valence-corrected chi connectivity index (χ0v) is 11.3. The second kappa shape index (κ2) is 4.53. The van der Waals surface area contributed by atoms with Gasteiger partial charge in [-0.3, -0.25) is 9.59 Å². The summed E-state index contributed by atoms with van der Waals surface area (Å²) in [5.41, 5.74) is -0.839. The van der Waals surface area contributed by atoms with Gasteiger partial charge >= 0.3 is 5.97 Å². The molecule has 18 heavy (non-hydrogen) atoms. The Morgan fingerprint density at radius 3 is 2.56 bits per heavy atom. The predicted molar refractivity (Wildman–Crippen MR) is 66.9 cm³/mol. The molecular weight excluding hydrogens is 232 g/mol. The summed E-state index contributed by atoms with van der Waals surface area (Å²) >= 11 is 0. The van der Waals surface area contributed by atoms with Crippen LogP contribution in [0.1, 0.15) is 40.0 Å². The standard InChI is InChI=1S/C13H22N2O3/c1-12(2,3)18-10(16)9-8-13(4-6-14-9)5-7-15-11(13)17/h9,14H,4-8H2,1-3H3,(H,15,17). The van der Waals surface area contributed by atoms with Gasteiger partial charge in [0.25, 0.3) is 0 Å². The van der Waals surface area contributed by atoms with Crippen LogP contribution in [0.2, 0.25) is 0 Å². The molecule has 5 nitrogen and oxygen atoms in total. The molecule has 2 aliphatic rings. The quantitative estimate of drug-likeness (QED) is 0.672. The first-order valence-corrected chi connectivity index (χ1v) is 6.57. The summed E-state index contributed by atoms with van der Waals surface area (Å²) in [6.45, 7) is 6.97. The lowest BCUT2D eigenvalue weighted by molar-refractivity contribution is -0.159. The minimum absolute atomic E-state index is 0.0950. The first-order chi connectivity index (χ1) is 8.32. The first-order valence-electron chi connectivity index (χ1n) is 6.57. The van der Waals surface area contributed by atoms with Gasteiger partial charge in [0.15, 0.2) is 0 Å². The van der Waals surface area contributed by atoms with Gasteiger partial charge in [-0.2, -0.15) is 0 Å². The second-order valence-electron chi connectivity index (χ2n) is 6.28. The third-order valence-electron chi connectivity index (χ3n) is 3.65. The molecule has 2 heterocycles. The molecule has 2 saturated heterocycles. The number of ether oxygens (including phenoxy) is 1. The highest BCUT2D eigenvalue weighted by Gasteiger charge is 2.47. The van der Waals surface area contributed by atoms with E-state index >= 15 is 0 Å². The summed E-state index contributed by atoms with van der Waals surface area (Å²) in [5.74, 6) is -0.154. The summed E-state index contributed by atoms with van der Waals surface area (Å²) in [4.78, 5) is 24.0. The van der Waals surface area contributed by atoms with Gasteiger partial charge in [-0.15, -0.1) is 0 Å². The van der Waals surface area contributed by atoms with Crippen molar-refractivity contribution in [2.24, 2.45) is 5.41 Å². The fourth-order valence-electron chi connectivity index (χ4n) is 2.74. The van der Waals surface area contributed by atoms with Crippen molar-refractivity contribution in [3.05, 3.63) is 0 Å². The van der Waals surface area contributed by atoms with Gasteiger partial charge in [0, 0.05) is 6.54 Å². The normalized spacial score (nSPS) is 32.4. The lowest BCUT2D eigenvalue weighted by Crippen LogP contribution is -2.52. The van der Waals surface area contributed by atoms with E-state index in [2.05, 4.69) is 10.6 Å². The van der Waals surface area contributed by atoms with E-state index in [0.717, 1.165) is 19.4 Å². The Labute approximate surface area is 108 Å². The molecule has 1 amide bonds. The van der Waals surface area contributed by atoms with E-state index in [-0.39, 0.29) is 23.3 Å². The molecule has 1 spiro atoms. The van der Waals surface area contributed by atoms with Crippen LogP contribution in [0.15, 0.2) is 0 Å². The van der Waals surface area contributed by atoms with Crippen molar-refractivity contribution in [1.82, 2.24) is 10.6 Å². The molecule has 102 valence electrons. The van der Waals surface area contributed by atoms with E-state index in [1.807, 2.05) is 20.8 Å². The van der Waals surface area contributed by atoms with Gasteiger partial charge in [-0.25, -0.2) is 0 Å². The molecule has 0 aromatic carbocycles. The molecule has 0 aromatic heterocycles. The zero-order valence-electron chi connectivity index (χ0n) is 11.3. The highest BCUT2D eigenvalue weighted by molar-refractivity contribution is 5.86. The zero-order chi connectivity index (χ0) is 13.4. The van der Waals surface area contributed by atoms with Gasteiger partial charge in [0.1, 0.15) is 11.6 Å². The number of rotatable bonds is 1. The largest absolute Gasteiger partial charge is 0.459 e. The lowest BCUT2D eigenvalue weighted by atomic mass is 9.75. The fraction of sp³-hybridized carbons (Fsp3) is 0.846.